The highest BCUT2D eigenvalue weighted by atomic mass is 16.3. The molecule has 0 amide bonds. The van der Waals surface area contributed by atoms with E-state index in [9.17, 15) is 5.11 Å². The van der Waals surface area contributed by atoms with E-state index in [0.717, 1.165) is 11.3 Å². The van der Waals surface area contributed by atoms with Gasteiger partial charge in [0.15, 0.2) is 17.0 Å². The van der Waals surface area contributed by atoms with Crippen molar-refractivity contribution >= 4 is 28.6 Å². The number of imidazole rings is 1. The molecule has 0 bridgehead atoms. The number of rotatable bonds is 7. The van der Waals surface area contributed by atoms with Crippen LogP contribution in [0.4, 0.5) is 17.5 Å². The second kappa shape index (κ2) is 7.65. The third-order valence-electron chi connectivity index (χ3n) is 4.22. The Labute approximate surface area is 152 Å². The van der Waals surface area contributed by atoms with Crippen LogP contribution >= 0.6 is 0 Å². The van der Waals surface area contributed by atoms with Crippen LogP contribution in [0.15, 0.2) is 30.9 Å². The number of nitrogens with one attached hydrogen (secondary N) is 2. The van der Waals surface area contributed by atoms with Gasteiger partial charge in [-0.1, -0.05) is 13.8 Å². The van der Waals surface area contributed by atoms with Gasteiger partial charge >= 0.3 is 0 Å². The molecule has 0 saturated carbocycles. The van der Waals surface area contributed by atoms with Gasteiger partial charge in [0.1, 0.15) is 0 Å². The topological polar surface area (TPSA) is 101 Å². The number of hydrogen-bond donors (Lipinski definition) is 3. The summed E-state index contributed by atoms with van der Waals surface area (Å²) in [7, 11) is 0. The van der Waals surface area contributed by atoms with Crippen molar-refractivity contribution in [3.8, 4) is 0 Å². The second-order valence-electron chi connectivity index (χ2n) is 6.86. The zero-order valence-electron chi connectivity index (χ0n) is 15.5. The Morgan fingerprint density at radius 3 is 2.62 bits per heavy atom. The first kappa shape index (κ1) is 18.1. The number of aliphatic hydroxyl groups is 1. The first-order valence-electron chi connectivity index (χ1n) is 8.78. The Balaban J connectivity index is 2.06. The maximum Gasteiger partial charge on any atom is 0.227 e. The minimum atomic E-state index is -0.130. The van der Waals surface area contributed by atoms with E-state index in [0.29, 0.717) is 17.3 Å². The lowest BCUT2D eigenvalue weighted by molar-refractivity contribution is 0.248. The molecule has 0 saturated heterocycles. The average Bonchev–Trinajstić information content (AvgIpc) is 3.04. The predicted octanol–water partition coefficient (Wildman–Crippen LogP) is 2.97. The highest BCUT2D eigenvalue weighted by Crippen LogP contribution is 2.26. The van der Waals surface area contributed by atoms with E-state index >= 15 is 0 Å². The lowest BCUT2D eigenvalue weighted by Crippen LogP contribution is -2.30. The Kier molecular flexibility index (Phi) is 5.32. The maximum absolute atomic E-state index is 9.62. The molecular weight excluding hydrogens is 330 g/mol. The molecule has 0 unspecified atom stereocenters. The van der Waals surface area contributed by atoms with E-state index in [4.69, 9.17) is 0 Å². The maximum atomic E-state index is 9.62. The van der Waals surface area contributed by atoms with Crippen molar-refractivity contribution in [3.05, 3.63) is 30.9 Å². The van der Waals surface area contributed by atoms with Crippen LogP contribution in [0.25, 0.3) is 11.2 Å². The van der Waals surface area contributed by atoms with E-state index in [1.165, 1.54) is 0 Å². The molecule has 3 aromatic rings. The van der Waals surface area contributed by atoms with Gasteiger partial charge in [-0.25, -0.2) is 4.98 Å². The molecule has 3 heterocycles. The average molecular weight is 355 g/mol. The molecule has 8 heteroatoms. The fourth-order valence-electron chi connectivity index (χ4n) is 2.61. The molecule has 0 aliphatic heterocycles. The fraction of sp³-hybridized carbons (Fsp3) is 0.444. The van der Waals surface area contributed by atoms with Crippen LogP contribution in [0.1, 0.15) is 33.7 Å². The molecule has 8 nitrogen and oxygen atoms in total. The Bertz CT molecular complexity index is 861. The standard InChI is InChI=1S/C18H25N7O/c1-11(2)14(9-26)22-18-23-16(21-13-6-5-7-19-8-13)15-17(24-18)25(10-20-15)12(3)4/h5-8,10-12,14,26H,9H2,1-4H3,(H2,21,22,23,24)/t14-/m1/s1. The van der Waals surface area contributed by atoms with E-state index in [-0.39, 0.29) is 24.6 Å². The Morgan fingerprint density at radius 2 is 2.00 bits per heavy atom. The molecule has 3 rings (SSSR count). The van der Waals surface area contributed by atoms with Crippen molar-refractivity contribution in [3.63, 3.8) is 0 Å². The summed E-state index contributed by atoms with van der Waals surface area (Å²) in [5.74, 6) is 1.30. The van der Waals surface area contributed by atoms with Crippen molar-refractivity contribution in [2.45, 2.75) is 39.8 Å². The van der Waals surface area contributed by atoms with Gasteiger partial charge in [-0.2, -0.15) is 9.97 Å². The van der Waals surface area contributed by atoms with Crippen LogP contribution in [0, 0.1) is 5.92 Å². The summed E-state index contributed by atoms with van der Waals surface area (Å²) in [6.45, 7) is 8.25. The third-order valence-corrected chi connectivity index (χ3v) is 4.22. The van der Waals surface area contributed by atoms with E-state index in [2.05, 4.69) is 44.4 Å². The normalized spacial score (nSPS) is 12.7. The van der Waals surface area contributed by atoms with Gasteiger partial charge in [-0.3, -0.25) is 4.98 Å². The summed E-state index contributed by atoms with van der Waals surface area (Å²) in [6.07, 6.45) is 5.22. The van der Waals surface area contributed by atoms with Crippen LogP contribution in [0.2, 0.25) is 0 Å². The number of anilines is 3. The second-order valence-corrected chi connectivity index (χ2v) is 6.86. The lowest BCUT2D eigenvalue weighted by Gasteiger charge is -2.20. The van der Waals surface area contributed by atoms with Crippen LogP contribution in [-0.2, 0) is 0 Å². The van der Waals surface area contributed by atoms with Crippen LogP contribution in [0.3, 0.4) is 0 Å². The molecule has 3 N–H and O–H groups in total. The summed E-state index contributed by atoms with van der Waals surface area (Å²) in [6, 6.07) is 3.85. The summed E-state index contributed by atoms with van der Waals surface area (Å²) < 4.78 is 2.00. The minimum absolute atomic E-state index is 0.00781. The van der Waals surface area contributed by atoms with Gasteiger partial charge in [0.05, 0.1) is 30.9 Å². The SMILES string of the molecule is CC(C)[C@@H](CO)Nc1nc(Nc2cccnc2)c2ncn(C(C)C)c2n1. The lowest BCUT2D eigenvalue weighted by atomic mass is 10.1. The van der Waals surface area contributed by atoms with Crippen LogP contribution in [-0.4, -0.2) is 42.3 Å². The Hall–Kier alpha value is -2.74. The Morgan fingerprint density at radius 1 is 1.19 bits per heavy atom. The summed E-state index contributed by atoms with van der Waals surface area (Å²) in [5, 5.41) is 16.1. The minimum Gasteiger partial charge on any atom is -0.394 e. The van der Waals surface area contributed by atoms with Gasteiger partial charge in [0, 0.05) is 12.2 Å². The first-order chi connectivity index (χ1) is 12.5. The monoisotopic (exact) mass is 355 g/mol. The number of hydrogen-bond acceptors (Lipinski definition) is 7. The summed E-state index contributed by atoms with van der Waals surface area (Å²) >= 11 is 0. The quantitative estimate of drug-likeness (QED) is 0.599. The number of aliphatic hydroxyl groups excluding tert-OH is 1. The molecule has 0 radical (unpaired) electrons. The van der Waals surface area contributed by atoms with Crippen LogP contribution in [0.5, 0.6) is 0 Å². The van der Waals surface area contributed by atoms with Gasteiger partial charge < -0.3 is 20.3 Å². The van der Waals surface area contributed by atoms with E-state index < -0.39 is 0 Å². The van der Waals surface area contributed by atoms with Gasteiger partial charge in [0.25, 0.3) is 0 Å². The van der Waals surface area contributed by atoms with Gasteiger partial charge in [0.2, 0.25) is 5.95 Å². The smallest absolute Gasteiger partial charge is 0.227 e. The number of fused-ring (bicyclic) bond motifs is 1. The number of aromatic nitrogens is 5. The molecule has 26 heavy (non-hydrogen) atoms. The summed E-state index contributed by atoms with van der Waals surface area (Å²) in [4.78, 5) is 17.8. The molecule has 138 valence electrons. The molecule has 0 aliphatic rings. The molecule has 0 spiro atoms. The number of pyridine rings is 1. The van der Waals surface area contributed by atoms with Gasteiger partial charge in [-0.15, -0.1) is 0 Å². The molecule has 0 aliphatic carbocycles. The molecule has 0 aromatic carbocycles. The van der Waals surface area contributed by atoms with Crippen molar-refractivity contribution in [1.29, 1.82) is 0 Å². The zero-order valence-corrected chi connectivity index (χ0v) is 15.5. The highest BCUT2D eigenvalue weighted by Gasteiger charge is 2.18. The summed E-state index contributed by atoms with van der Waals surface area (Å²) in [5.41, 5.74) is 2.25. The molecule has 0 fully saturated rings. The highest BCUT2D eigenvalue weighted by molar-refractivity contribution is 5.86. The molecule has 1 atom stereocenters. The fourth-order valence-corrected chi connectivity index (χ4v) is 2.61. The largest absolute Gasteiger partial charge is 0.394 e. The van der Waals surface area contributed by atoms with Crippen molar-refractivity contribution in [2.24, 2.45) is 5.92 Å². The predicted molar refractivity (Wildman–Crippen MR) is 103 cm³/mol. The van der Waals surface area contributed by atoms with E-state index in [1.54, 1.807) is 18.7 Å². The number of nitrogens with zero attached hydrogens (tertiary/aromatic N) is 5. The third kappa shape index (κ3) is 3.75. The van der Waals surface area contributed by atoms with Gasteiger partial charge in [-0.05, 0) is 31.9 Å². The van der Waals surface area contributed by atoms with Crippen molar-refractivity contribution in [1.82, 2.24) is 24.5 Å². The zero-order chi connectivity index (χ0) is 18.7. The first-order valence-corrected chi connectivity index (χ1v) is 8.78. The van der Waals surface area contributed by atoms with Crippen LogP contribution < -0.4 is 10.6 Å². The van der Waals surface area contributed by atoms with Crippen molar-refractivity contribution in [2.75, 3.05) is 17.2 Å². The van der Waals surface area contributed by atoms with Crippen molar-refractivity contribution < 1.29 is 5.11 Å². The van der Waals surface area contributed by atoms with E-state index in [1.807, 2.05) is 30.5 Å². The molecular formula is C18H25N7O. The molecule has 3 aromatic heterocycles.